The average Bonchev–Trinajstić information content (AvgIpc) is 2.88. The van der Waals surface area contributed by atoms with Crippen molar-refractivity contribution in [2.24, 2.45) is 11.8 Å². The molecule has 0 amide bonds. The van der Waals surface area contributed by atoms with E-state index in [-0.39, 0.29) is 0 Å². The first-order valence-corrected chi connectivity index (χ1v) is 14.9. The van der Waals surface area contributed by atoms with Gasteiger partial charge in [-0.1, -0.05) is 89.0 Å². The second-order valence-electron chi connectivity index (χ2n) is 11.3. The zero-order valence-corrected chi connectivity index (χ0v) is 22.3. The molecular weight excluding hydrogens is 438 g/mol. The topological polar surface area (TPSA) is 9.23 Å². The van der Waals surface area contributed by atoms with Gasteiger partial charge in [0.1, 0.15) is 0 Å². The van der Waals surface area contributed by atoms with Gasteiger partial charge in [-0.3, -0.25) is 0 Å². The number of hydrogen-bond acceptors (Lipinski definition) is 1. The maximum atomic E-state index is 12.4. The van der Waals surface area contributed by atoms with Gasteiger partial charge in [-0.2, -0.15) is 8.78 Å². The van der Waals surface area contributed by atoms with E-state index in [9.17, 15) is 8.78 Å². The van der Waals surface area contributed by atoms with Crippen molar-refractivity contribution in [2.45, 2.75) is 135 Å². The molecule has 1 aromatic carbocycles. The van der Waals surface area contributed by atoms with Crippen molar-refractivity contribution in [3.63, 3.8) is 0 Å². The summed E-state index contributed by atoms with van der Waals surface area (Å²) in [4.78, 5) is 0. The molecule has 0 N–H and O–H groups in total. The Kier molecular flexibility index (Phi) is 13.4. The van der Waals surface area contributed by atoms with Crippen LogP contribution in [0.25, 0.3) is 6.08 Å². The second-order valence-corrected chi connectivity index (χ2v) is 11.3. The lowest BCUT2D eigenvalue weighted by Gasteiger charge is -2.38. The van der Waals surface area contributed by atoms with Crippen molar-refractivity contribution in [1.29, 1.82) is 0 Å². The molecular formula is C32H50F2O. The van der Waals surface area contributed by atoms with Gasteiger partial charge in [-0.25, -0.2) is 0 Å². The Morgan fingerprint density at radius 2 is 1.23 bits per heavy atom. The highest BCUT2D eigenvalue weighted by Gasteiger charge is 2.31. The Morgan fingerprint density at radius 1 is 0.714 bits per heavy atom. The van der Waals surface area contributed by atoms with Crippen LogP contribution in [0.15, 0.2) is 30.3 Å². The van der Waals surface area contributed by atoms with Gasteiger partial charge < -0.3 is 4.74 Å². The quantitative estimate of drug-likeness (QED) is 0.223. The molecule has 0 atom stereocenters. The lowest BCUT2D eigenvalue weighted by molar-refractivity contribution is 0.00624. The molecule has 2 saturated carbocycles. The fourth-order valence-electron chi connectivity index (χ4n) is 6.48. The van der Waals surface area contributed by atoms with E-state index in [4.69, 9.17) is 4.74 Å². The van der Waals surface area contributed by atoms with Crippen LogP contribution >= 0.6 is 0 Å². The van der Waals surface area contributed by atoms with Crippen molar-refractivity contribution in [3.8, 4) is 0 Å². The number of rotatable bonds is 15. The van der Waals surface area contributed by atoms with Crippen LogP contribution in [0.1, 0.15) is 140 Å². The number of hydrogen-bond donors (Lipinski definition) is 0. The van der Waals surface area contributed by atoms with Crippen LogP contribution in [0.4, 0.5) is 8.78 Å². The summed E-state index contributed by atoms with van der Waals surface area (Å²) < 4.78 is 31.1. The monoisotopic (exact) mass is 488 g/mol. The van der Waals surface area contributed by atoms with E-state index in [1.54, 1.807) is 0 Å². The van der Waals surface area contributed by atoms with Crippen molar-refractivity contribution in [1.82, 2.24) is 0 Å². The molecule has 0 aromatic heterocycles. The molecule has 0 radical (unpaired) electrons. The van der Waals surface area contributed by atoms with E-state index in [0.717, 1.165) is 24.5 Å². The zero-order valence-electron chi connectivity index (χ0n) is 22.3. The molecule has 2 aliphatic carbocycles. The van der Waals surface area contributed by atoms with E-state index in [1.165, 1.54) is 121 Å². The maximum absolute atomic E-state index is 12.4. The highest BCUT2D eigenvalue weighted by atomic mass is 19.3. The number of unbranched alkanes of at least 4 members (excludes halogenated alkanes) is 9. The van der Waals surface area contributed by atoms with Gasteiger partial charge in [0.2, 0.25) is 0 Å². The fourth-order valence-corrected chi connectivity index (χ4v) is 6.48. The number of benzene rings is 1. The third kappa shape index (κ3) is 10.7. The molecule has 1 aromatic rings. The van der Waals surface area contributed by atoms with Crippen LogP contribution in [-0.4, -0.2) is 12.7 Å². The molecule has 0 bridgehead atoms. The molecule has 3 heteroatoms. The van der Waals surface area contributed by atoms with Gasteiger partial charge in [0, 0.05) is 12.7 Å². The molecule has 0 aliphatic heterocycles. The minimum absolute atomic E-state index is 0.503. The van der Waals surface area contributed by atoms with Gasteiger partial charge >= 0.3 is 0 Å². The molecule has 3 rings (SSSR count). The summed E-state index contributed by atoms with van der Waals surface area (Å²) >= 11 is 0. The van der Waals surface area contributed by atoms with Crippen LogP contribution in [-0.2, 0) is 4.74 Å². The molecule has 35 heavy (non-hydrogen) atoms. The third-order valence-corrected chi connectivity index (χ3v) is 8.69. The first-order chi connectivity index (χ1) is 17.2. The lowest BCUT2D eigenvalue weighted by Crippen LogP contribution is -2.28. The fraction of sp³-hybridized carbons (Fsp3) is 0.750. The zero-order chi connectivity index (χ0) is 24.7. The number of ether oxygens (including phenoxy) is 1. The minimum atomic E-state index is -1.63. The van der Waals surface area contributed by atoms with Crippen LogP contribution < -0.4 is 0 Å². The maximum Gasteiger partial charge on any atom is 0.270 e. The van der Waals surface area contributed by atoms with Crippen LogP contribution in [0.2, 0.25) is 0 Å². The predicted octanol–water partition coefficient (Wildman–Crippen LogP) is 10.7. The van der Waals surface area contributed by atoms with Crippen molar-refractivity contribution >= 4 is 6.08 Å². The van der Waals surface area contributed by atoms with Gasteiger partial charge in [0.25, 0.3) is 6.08 Å². The molecule has 2 aliphatic rings. The normalized spacial score (nSPS) is 24.9. The molecule has 1 nitrogen and oxygen atoms in total. The molecule has 0 heterocycles. The summed E-state index contributed by atoms with van der Waals surface area (Å²) in [7, 11) is 0. The largest absolute Gasteiger partial charge is 0.378 e. The smallest absolute Gasteiger partial charge is 0.270 e. The Balaban J connectivity index is 1.21. The van der Waals surface area contributed by atoms with E-state index < -0.39 is 6.08 Å². The third-order valence-electron chi connectivity index (χ3n) is 8.69. The summed E-state index contributed by atoms with van der Waals surface area (Å²) in [6.07, 6.45) is 23.9. The Labute approximate surface area is 214 Å². The average molecular weight is 489 g/mol. The van der Waals surface area contributed by atoms with Crippen molar-refractivity contribution in [3.05, 3.63) is 41.5 Å². The van der Waals surface area contributed by atoms with Crippen LogP contribution in [0.3, 0.4) is 0 Å². The van der Waals surface area contributed by atoms with E-state index >= 15 is 0 Å². The van der Waals surface area contributed by atoms with Gasteiger partial charge in [-0.15, -0.1) is 0 Å². The Morgan fingerprint density at radius 3 is 1.77 bits per heavy atom. The summed E-state index contributed by atoms with van der Waals surface area (Å²) in [6, 6.07) is 7.77. The molecule has 198 valence electrons. The Bertz CT molecular complexity index is 693. The SMILES string of the molecule is CCCCCCCCCCCCO[C@H]1CC[C@H]([C@H]2CC[C@H](c3ccc(C=C(F)F)cc3)CC2)CC1. The van der Waals surface area contributed by atoms with Crippen LogP contribution in [0, 0.1) is 11.8 Å². The number of halogens is 2. The Hall–Kier alpha value is -1.22. The van der Waals surface area contributed by atoms with Crippen LogP contribution in [0.5, 0.6) is 0 Å². The summed E-state index contributed by atoms with van der Waals surface area (Å²) in [6.45, 7) is 3.24. The predicted molar refractivity (Wildman–Crippen MR) is 145 cm³/mol. The molecule has 0 saturated heterocycles. The summed E-state index contributed by atoms with van der Waals surface area (Å²) in [5.74, 6) is 2.35. The lowest BCUT2D eigenvalue weighted by atomic mass is 9.69. The highest BCUT2D eigenvalue weighted by Crippen LogP contribution is 2.43. The molecule has 0 unspecified atom stereocenters. The summed E-state index contributed by atoms with van der Waals surface area (Å²) in [5, 5.41) is 0. The van der Waals surface area contributed by atoms with Gasteiger partial charge in [0.15, 0.2) is 0 Å². The van der Waals surface area contributed by atoms with Gasteiger partial charge in [0.05, 0.1) is 6.10 Å². The summed E-state index contributed by atoms with van der Waals surface area (Å²) in [5.41, 5.74) is 1.92. The first kappa shape index (κ1) is 28.4. The van der Waals surface area contributed by atoms with E-state index in [1.807, 2.05) is 12.1 Å². The van der Waals surface area contributed by atoms with Gasteiger partial charge in [-0.05, 0) is 86.7 Å². The molecule has 2 fully saturated rings. The first-order valence-electron chi connectivity index (χ1n) is 14.9. The van der Waals surface area contributed by atoms with Crippen molar-refractivity contribution < 1.29 is 13.5 Å². The molecule has 0 spiro atoms. The van der Waals surface area contributed by atoms with E-state index in [2.05, 4.69) is 19.1 Å². The highest BCUT2D eigenvalue weighted by molar-refractivity contribution is 5.50. The van der Waals surface area contributed by atoms with E-state index in [0.29, 0.717) is 17.6 Å². The second kappa shape index (κ2) is 16.5. The standard InChI is InChI=1S/C32H50F2O/c1-2-3-4-5-6-7-8-9-10-11-24-35-31-22-20-30(21-23-31)29-18-16-28(17-19-29)27-14-12-26(13-15-27)25-32(33)34/h12-15,25,28-31H,2-11,16-24H2,1H3/t28-,29-,30-,31-. The minimum Gasteiger partial charge on any atom is -0.378 e. The van der Waals surface area contributed by atoms with Crippen molar-refractivity contribution in [2.75, 3.05) is 6.61 Å².